The smallest absolute Gasteiger partial charge is 0.0314 e. The highest BCUT2D eigenvalue weighted by atomic mass is 35.5. The molecule has 0 atom stereocenters. The van der Waals surface area contributed by atoms with Crippen molar-refractivity contribution in [3.63, 3.8) is 0 Å². The Balaban J connectivity index is 2.69. The van der Waals surface area contributed by atoms with E-state index in [1.54, 1.807) is 0 Å². The summed E-state index contributed by atoms with van der Waals surface area (Å²) in [5.74, 6) is 6.20. The molecule has 0 N–H and O–H groups in total. The summed E-state index contributed by atoms with van der Waals surface area (Å²) in [7, 11) is 0. The Hall–Kier alpha value is 1.28. The summed E-state index contributed by atoms with van der Waals surface area (Å²) in [5.41, 5.74) is 0. The van der Waals surface area contributed by atoms with Crippen molar-refractivity contribution in [2.45, 2.75) is 6.42 Å². The van der Waals surface area contributed by atoms with Gasteiger partial charge in [-0.05, 0) is 17.9 Å². The summed E-state index contributed by atoms with van der Waals surface area (Å²) >= 11 is 14.9. The molecule has 0 aliphatic carbocycles. The van der Waals surface area contributed by atoms with Gasteiger partial charge in [-0.3, -0.25) is 0 Å². The molecule has 0 radical (unpaired) electrons. The largest absolute Gasteiger partial charge is 0.161 e. The Bertz CT molecular complexity index is 63.5. The van der Waals surface area contributed by atoms with Gasteiger partial charge in [0, 0.05) is 23.3 Å². The first-order valence-corrected chi connectivity index (χ1v) is 7.07. The monoisotopic (exact) mass is 232 g/mol. The topological polar surface area (TPSA) is 0 Å². The van der Waals surface area contributed by atoms with Crippen LogP contribution in [0.1, 0.15) is 6.42 Å². The summed E-state index contributed by atoms with van der Waals surface area (Å²) < 4.78 is 0. The molecule has 0 amide bonds. The van der Waals surface area contributed by atoms with Gasteiger partial charge in [0.15, 0.2) is 0 Å². The molecule has 0 bridgehead atoms. The molecule has 0 fully saturated rings. The van der Waals surface area contributed by atoms with E-state index in [0.29, 0.717) is 0 Å². The second-order valence-corrected chi connectivity index (χ2v) is 5.16. The molecule has 0 nitrogen and oxygen atoms in total. The first-order chi connectivity index (χ1) is 5.41. The zero-order chi connectivity index (χ0) is 8.36. The predicted molar refractivity (Wildman–Crippen MR) is 60.7 cm³/mol. The van der Waals surface area contributed by atoms with Crippen LogP contribution in [0, 0.1) is 0 Å². The molecule has 4 heteroatoms. The van der Waals surface area contributed by atoms with E-state index >= 15 is 0 Å². The summed E-state index contributed by atoms with van der Waals surface area (Å²) in [6.07, 6.45) is 1.28. The molecule has 0 aromatic heterocycles. The van der Waals surface area contributed by atoms with E-state index < -0.39 is 0 Å². The zero-order valence-electron chi connectivity index (χ0n) is 6.52. The lowest BCUT2D eigenvalue weighted by Gasteiger charge is -1.98. The highest BCUT2D eigenvalue weighted by molar-refractivity contribution is 8.00. The fourth-order valence-electron chi connectivity index (χ4n) is 0.576. The molecular formula is C7H14Cl2S2. The average molecular weight is 233 g/mol. The van der Waals surface area contributed by atoms with E-state index in [2.05, 4.69) is 0 Å². The van der Waals surface area contributed by atoms with Gasteiger partial charge in [0.1, 0.15) is 0 Å². The number of halogens is 2. The van der Waals surface area contributed by atoms with E-state index in [-0.39, 0.29) is 0 Å². The van der Waals surface area contributed by atoms with Crippen molar-refractivity contribution in [1.29, 1.82) is 0 Å². The number of hydrogen-bond donors (Lipinski definition) is 0. The maximum atomic E-state index is 5.52. The third-order valence-electron chi connectivity index (χ3n) is 1.02. The number of hydrogen-bond acceptors (Lipinski definition) is 2. The van der Waals surface area contributed by atoms with Crippen LogP contribution >= 0.6 is 46.7 Å². The van der Waals surface area contributed by atoms with Gasteiger partial charge in [-0.1, -0.05) is 0 Å². The fourth-order valence-corrected chi connectivity index (χ4v) is 2.74. The summed E-state index contributed by atoms with van der Waals surface area (Å²) in [6, 6.07) is 0. The van der Waals surface area contributed by atoms with Gasteiger partial charge < -0.3 is 0 Å². The minimum absolute atomic E-state index is 0.777. The van der Waals surface area contributed by atoms with E-state index in [1.165, 1.54) is 17.9 Å². The highest BCUT2D eigenvalue weighted by Crippen LogP contribution is 2.08. The van der Waals surface area contributed by atoms with Gasteiger partial charge in [0.25, 0.3) is 0 Å². The normalized spacial score (nSPS) is 10.4. The van der Waals surface area contributed by atoms with Crippen LogP contribution < -0.4 is 0 Å². The van der Waals surface area contributed by atoms with E-state index in [4.69, 9.17) is 23.2 Å². The molecule has 11 heavy (non-hydrogen) atoms. The molecule has 0 aliphatic rings. The molecule has 0 aromatic carbocycles. The van der Waals surface area contributed by atoms with Crippen LogP contribution in [-0.4, -0.2) is 34.8 Å². The van der Waals surface area contributed by atoms with Crippen LogP contribution in [0.4, 0.5) is 0 Å². The highest BCUT2D eigenvalue weighted by Gasteiger charge is 1.89. The summed E-state index contributed by atoms with van der Waals surface area (Å²) in [4.78, 5) is 0. The van der Waals surface area contributed by atoms with Gasteiger partial charge in [-0.15, -0.1) is 23.2 Å². The standard InChI is InChI=1S/C7H14Cl2S2/c8-2-6-10-4-1-5-11-7-3-9/h1-7H2. The lowest BCUT2D eigenvalue weighted by molar-refractivity contribution is 1.12. The van der Waals surface area contributed by atoms with Crippen LogP contribution in [0.15, 0.2) is 0 Å². The quantitative estimate of drug-likeness (QED) is 0.466. The zero-order valence-corrected chi connectivity index (χ0v) is 9.67. The van der Waals surface area contributed by atoms with Crippen LogP contribution in [0.2, 0.25) is 0 Å². The van der Waals surface area contributed by atoms with E-state index in [0.717, 1.165) is 23.3 Å². The van der Waals surface area contributed by atoms with Gasteiger partial charge in [-0.2, -0.15) is 23.5 Å². The minimum Gasteiger partial charge on any atom is -0.161 e. The first kappa shape index (κ1) is 12.3. The predicted octanol–water partition coefficient (Wildman–Crippen LogP) is 3.32. The second kappa shape index (κ2) is 11.3. The average Bonchev–Trinajstić information content (AvgIpc) is 2.03. The number of rotatable bonds is 8. The molecule has 0 rings (SSSR count). The van der Waals surface area contributed by atoms with Gasteiger partial charge in [0.05, 0.1) is 0 Å². The Morgan fingerprint density at radius 3 is 1.55 bits per heavy atom. The molecule has 0 heterocycles. The molecule has 0 saturated carbocycles. The molecule has 0 aliphatic heterocycles. The minimum atomic E-state index is 0.777. The molecule has 0 saturated heterocycles. The third kappa shape index (κ3) is 11.3. The fraction of sp³-hybridized carbons (Fsp3) is 1.00. The van der Waals surface area contributed by atoms with Crippen molar-refractivity contribution < 1.29 is 0 Å². The lowest BCUT2D eigenvalue weighted by Crippen LogP contribution is -1.88. The summed E-state index contributed by atoms with van der Waals surface area (Å²) in [5, 5.41) is 0. The van der Waals surface area contributed by atoms with Crippen molar-refractivity contribution in [3.05, 3.63) is 0 Å². The van der Waals surface area contributed by atoms with Gasteiger partial charge in [0.2, 0.25) is 0 Å². The third-order valence-corrected chi connectivity index (χ3v) is 3.99. The van der Waals surface area contributed by atoms with Crippen LogP contribution in [-0.2, 0) is 0 Å². The Labute approximate surface area is 87.8 Å². The molecule has 0 unspecified atom stereocenters. The molecule has 68 valence electrons. The van der Waals surface area contributed by atoms with Crippen molar-refractivity contribution in [2.24, 2.45) is 0 Å². The Morgan fingerprint density at radius 2 is 1.18 bits per heavy atom. The van der Waals surface area contributed by atoms with Crippen molar-refractivity contribution in [3.8, 4) is 0 Å². The van der Waals surface area contributed by atoms with Gasteiger partial charge >= 0.3 is 0 Å². The number of alkyl halides is 2. The Morgan fingerprint density at radius 1 is 0.727 bits per heavy atom. The molecule has 0 spiro atoms. The molecular weight excluding hydrogens is 219 g/mol. The second-order valence-electron chi connectivity index (χ2n) is 1.96. The summed E-state index contributed by atoms with van der Waals surface area (Å²) in [6.45, 7) is 0. The van der Waals surface area contributed by atoms with Crippen molar-refractivity contribution >= 4 is 46.7 Å². The van der Waals surface area contributed by atoms with Crippen LogP contribution in [0.5, 0.6) is 0 Å². The maximum absolute atomic E-state index is 5.52. The molecule has 0 aromatic rings. The number of thioether (sulfide) groups is 2. The lowest BCUT2D eigenvalue weighted by atomic mass is 10.6. The van der Waals surface area contributed by atoms with Crippen molar-refractivity contribution in [1.82, 2.24) is 0 Å². The SMILES string of the molecule is ClCCSCCCSCCCl. The van der Waals surface area contributed by atoms with E-state index in [9.17, 15) is 0 Å². The van der Waals surface area contributed by atoms with Crippen LogP contribution in [0.3, 0.4) is 0 Å². The maximum Gasteiger partial charge on any atom is 0.0314 e. The van der Waals surface area contributed by atoms with Gasteiger partial charge in [-0.25, -0.2) is 0 Å². The first-order valence-electron chi connectivity index (χ1n) is 3.69. The van der Waals surface area contributed by atoms with E-state index in [1.807, 2.05) is 23.5 Å². The Kier molecular flexibility index (Phi) is 12.6. The van der Waals surface area contributed by atoms with Crippen molar-refractivity contribution in [2.75, 3.05) is 34.8 Å². The van der Waals surface area contributed by atoms with Crippen LogP contribution in [0.25, 0.3) is 0 Å².